The zero-order chi connectivity index (χ0) is 8.44. The number of methoxy groups -OCH3 is 1. The molecule has 0 bridgehead atoms. The molecule has 0 aromatic carbocycles. The van der Waals surface area contributed by atoms with Crippen LogP contribution < -0.4 is 5.32 Å². The van der Waals surface area contributed by atoms with Crippen LogP contribution in [0.25, 0.3) is 0 Å². The molecule has 70 valence electrons. The van der Waals surface area contributed by atoms with Crippen molar-refractivity contribution in [2.75, 3.05) is 20.3 Å². The largest absolute Gasteiger partial charge is 0.384 e. The van der Waals surface area contributed by atoms with Gasteiger partial charge in [-0.25, -0.2) is 0 Å². The van der Waals surface area contributed by atoms with Gasteiger partial charge < -0.3 is 10.1 Å². The minimum atomic E-state index is 0.511. The van der Waals surface area contributed by atoms with E-state index in [-0.39, 0.29) is 0 Å². The molecule has 2 aliphatic rings. The summed E-state index contributed by atoms with van der Waals surface area (Å²) in [5.41, 5.74) is 0.511. The number of rotatable bonds is 5. The first-order valence-electron chi connectivity index (χ1n) is 5.07. The van der Waals surface area contributed by atoms with Crippen LogP contribution in [0, 0.1) is 5.41 Å². The lowest BCUT2D eigenvalue weighted by atomic mass is 9.69. The molecule has 0 saturated heterocycles. The Bertz CT molecular complexity index is 150. The summed E-state index contributed by atoms with van der Waals surface area (Å²) < 4.78 is 5.26. The molecular formula is C10H19NO. The molecule has 2 saturated carbocycles. The number of nitrogens with one attached hydrogen (secondary N) is 1. The van der Waals surface area contributed by atoms with Crippen LogP contribution in [0.1, 0.15) is 32.1 Å². The van der Waals surface area contributed by atoms with Gasteiger partial charge in [0.1, 0.15) is 0 Å². The molecule has 12 heavy (non-hydrogen) atoms. The third-order valence-electron chi connectivity index (χ3n) is 3.21. The predicted molar refractivity (Wildman–Crippen MR) is 49.2 cm³/mol. The van der Waals surface area contributed by atoms with E-state index in [2.05, 4.69) is 5.32 Å². The molecule has 2 aliphatic carbocycles. The van der Waals surface area contributed by atoms with Crippen LogP contribution >= 0.6 is 0 Å². The van der Waals surface area contributed by atoms with Crippen molar-refractivity contribution in [1.29, 1.82) is 0 Å². The fourth-order valence-corrected chi connectivity index (χ4v) is 2.00. The van der Waals surface area contributed by atoms with Gasteiger partial charge in [0.05, 0.1) is 6.61 Å². The van der Waals surface area contributed by atoms with Crippen LogP contribution in [0.5, 0.6) is 0 Å². The third-order valence-corrected chi connectivity index (χ3v) is 3.21. The molecule has 2 fully saturated rings. The van der Waals surface area contributed by atoms with Crippen molar-refractivity contribution in [3.8, 4) is 0 Å². The highest BCUT2D eigenvalue weighted by molar-refractivity contribution is 4.92. The normalized spacial score (nSPS) is 26.8. The molecule has 2 heteroatoms. The molecule has 0 aromatic rings. The SMILES string of the molecule is COCC1(CNC2CC2)CCC1. The molecule has 0 heterocycles. The fraction of sp³-hybridized carbons (Fsp3) is 1.00. The Labute approximate surface area is 74.7 Å². The average molecular weight is 169 g/mol. The summed E-state index contributed by atoms with van der Waals surface area (Å²) >= 11 is 0. The van der Waals surface area contributed by atoms with Crippen molar-refractivity contribution in [3.63, 3.8) is 0 Å². The predicted octanol–water partition coefficient (Wildman–Crippen LogP) is 1.56. The molecule has 0 spiro atoms. The lowest BCUT2D eigenvalue weighted by Crippen LogP contribution is -2.43. The van der Waals surface area contributed by atoms with Crippen LogP contribution in [-0.4, -0.2) is 26.3 Å². The standard InChI is InChI=1S/C10H19NO/c1-12-8-10(5-2-6-10)7-11-9-3-4-9/h9,11H,2-8H2,1H3. The van der Waals surface area contributed by atoms with Gasteiger partial charge in [0, 0.05) is 25.1 Å². The Hall–Kier alpha value is -0.0800. The topological polar surface area (TPSA) is 21.3 Å². The van der Waals surface area contributed by atoms with E-state index in [1.807, 2.05) is 7.11 Å². The second-order valence-corrected chi connectivity index (χ2v) is 4.44. The second kappa shape index (κ2) is 3.35. The maximum absolute atomic E-state index is 5.26. The van der Waals surface area contributed by atoms with Gasteiger partial charge in [0.15, 0.2) is 0 Å². The monoisotopic (exact) mass is 169 g/mol. The summed E-state index contributed by atoms with van der Waals surface area (Å²) in [5, 5.41) is 3.60. The van der Waals surface area contributed by atoms with Gasteiger partial charge in [-0.15, -0.1) is 0 Å². The molecule has 0 amide bonds. The third kappa shape index (κ3) is 1.80. The van der Waals surface area contributed by atoms with Gasteiger partial charge in [-0.05, 0) is 25.7 Å². The van der Waals surface area contributed by atoms with E-state index in [1.54, 1.807) is 0 Å². The molecule has 0 radical (unpaired) electrons. The van der Waals surface area contributed by atoms with Gasteiger partial charge >= 0.3 is 0 Å². The molecule has 0 atom stereocenters. The summed E-state index contributed by atoms with van der Waals surface area (Å²) in [7, 11) is 1.82. The molecular weight excluding hydrogens is 150 g/mol. The summed E-state index contributed by atoms with van der Waals surface area (Å²) in [6.07, 6.45) is 6.91. The first-order valence-corrected chi connectivity index (χ1v) is 5.07. The van der Waals surface area contributed by atoms with Gasteiger partial charge in [0.25, 0.3) is 0 Å². The van der Waals surface area contributed by atoms with Crippen molar-refractivity contribution in [2.24, 2.45) is 5.41 Å². The summed E-state index contributed by atoms with van der Waals surface area (Å²) in [6.45, 7) is 2.14. The Morgan fingerprint density at radius 3 is 2.58 bits per heavy atom. The van der Waals surface area contributed by atoms with Gasteiger partial charge in [-0.3, -0.25) is 0 Å². The van der Waals surface area contributed by atoms with E-state index >= 15 is 0 Å². The van der Waals surface area contributed by atoms with Crippen LogP contribution in [0.4, 0.5) is 0 Å². The molecule has 0 aliphatic heterocycles. The van der Waals surface area contributed by atoms with Gasteiger partial charge in [-0.2, -0.15) is 0 Å². The quantitative estimate of drug-likeness (QED) is 0.674. The van der Waals surface area contributed by atoms with Crippen LogP contribution in [0.2, 0.25) is 0 Å². The molecule has 0 unspecified atom stereocenters. The summed E-state index contributed by atoms with van der Waals surface area (Å²) in [6, 6.07) is 0.847. The summed E-state index contributed by atoms with van der Waals surface area (Å²) in [5.74, 6) is 0. The minimum absolute atomic E-state index is 0.511. The highest BCUT2D eigenvalue weighted by Crippen LogP contribution is 2.41. The van der Waals surface area contributed by atoms with E-state index < -0.39 is 0 Å². The Kier molecular flexibility index (Phi) is 2.37. The second-order valence-electron chi connectivity index (χ2n) is 4.44. The molecule has 2 rings (SSSR count). The average Bonchev–Trinajstić information content (AvgIpc) is 2.77. The van der Waals surface area contributed by atoms with E-state index in [9.17, 15) is 0 Å². The van der Waals surface area contributed by atoms with Crippen molar-refractivity contribution in [3.05, 3.63) is 0 Å². The van der Waals surface area contributed by atoms with Gasteiger partial charge in [0.2, 0.25) is 0 Å². The Morgan fingerprint density at radius 1 is 1.42 bits per heavy atom. The smallest absolute Gasteiger partial charge is 0.0530 e. The number of hydrogen-bond acceptors (Lipinski definition) is 2. The van der Waals surface area contributed by atoms with Crippen molar-refractivity contribution in [1.82, 2.24) is 5.32 Å². The van der Waals surface area contributed by atoms with Crippen molar-refractivity contribution >= 4 is 0 Å². The molecule has 0 aromatic heterocycles. The van der Waals surface area contributed by atoms with E-state index in [0.29, 0.717) is 5.41 Å². The Balaban J connectivity index is 1.72. The fourth-order valence-electron chi connectivity index (χ4n) is 2.00. The summed E-state index contributed by atoms with van der Waals surface area (Å²) in [4.78, 5) is 0. The van der Waals surface area contributed by atoms with Crippen LogP contribution in [0.15, 0.2) is 0 Å². The zero-order valence-corrected chi connectivity index (χ0v) is 7.94. The van der Waals surface area contributed by atoms with E-state index in [0.717, 1.165) is 12.6 Å². The number of hydrogen-bond donors (Lipinski definition) is 1. The highest BCUT2D eigenvalue weighted by Gasteiger charge is 2.38. The van der Waals surface area contributed by atoms with E-state index in [1.165, 1.54) is 38.6 Å². The van der Waals surface area contributed by atoms with Crippen LogP contribution in [0.3, 0.4) is 0 Å². The lowest BCUT2D eigenvalue weighted by molar-refractivity contribution is 0.0177. The maximum atomic E-state index is 5.26. The lowest BCUT2D eigenvalue weighted by Gasteiger charge is -2.41. The molecule has 1 N–H and O–H groups in total. The van der Waals surface area contributed by atoms with Gasteiger partial charge in [-0.1, -0.05) is 6.42 Å². The molecule has 2 nitrogen and oxygen atoms in total. The van der Waals surface area contributed by atoms with Crippen molar-refractivity contribution < 1.29 is 4.74 Å². The number of ether oxygens (including phenoxy) is 1. The van der Waals surface area contributed by atoms with Crippen LogP contribution in [-0.2, 0) is 4.74 Å². The minimum Gasteiger partial charge on any atom is -0.384 e. The first kappa shape index (κ1) is 8.52. The van der Waals surface area contributed by atoms with E-state index in [4.69, 9.17) is 4.74 Å². The maximum Gasteiger partial charge on any atom is 0.0530 e. The Morgan fingerprint density at radius 2 is 2.17 bits per heavy atom. The zero-order valence-electron chi connectivity index (χ0n) is 7.94. The first-order chi connectivity index (χ1) is 5.85. The van der Waals surface area contributed by atoms with Crippen molar-refractivity contribution in [2.45, 2.75) is 38.1 Å². The highest BCUT2D eigenvalue weighted by atomic mass is 16.5.